The Balaban J connectivity index is 2.87. The summed E-state index contributed by atoms with van der Waals surface area (Å²) in [6.07, 6.45) is 0.829. The highest BCUT2D eigenvalue weighted by molar-refractivity contribution is 7.84. The van der Waals surface area contributed by atoms with Crippen LogP contribution in [-0.4, -0.2) is 16.4 Å². The van der Waals surface area contributed by atoms with Crippen molar-refractivity contribution in [3.8, 4) is 0 Å². The van der Waals surface area contributed by atoms with Crippen LogP contribution in [0.15, 0.2) is 0 Å². The third-order valence-electron chi connectivity index (χ3n) is 1.78. The Bertz CT molecular complexity index is 218. The first kappa shape index (κ1) is 8.53. The SMILES string of the molecule is CC1(C)CC(=O)C(=S)C(=O)C1. The summed E-state index contributed by atoms with van der Waals surface area (Å²) in [6, 6.07) is 0. The summed E-state index contributed by atoms with van der Waals surface area (Å²) in [6.45, 7) is 3.81. The Kier molecular flexibility index (Phi) is 1.92. The molecular weight excluding hydrogens is 160 g/mol. The molecule has 0 spiro atoms. The van der Waals surface area contributed by atoms with Gasteiger partial charge in [0.2, 0.25) is 0 Å². The first-order valence-corrected chi connectivity index (χ1v) is 3.93. The van der Waals surface area contributed by atoms with E-state index in [0.717, 1.165) is 0 Å². The zero-order chi connectivity index (χ0) is 8.65. The lowest BCUT2D eigenvalue weighted by Gasteiger charge is -2.26. The summed E-state index contributed by atoms with van der Waals surface area (Å²) in [5, 5.41) is 0. The van der Waals surface area contributed by atoms with Crippen LogP contribution in [0.3, 0.4) is 0 Å². The molecule has 0 aromatic heterocycles. The Morgan fingerprint density at radius 2 is 1.55 bits per heavy atom. The summed E-state index contributed by atoms with van der Waals surface area (Å²) in [7, 11) is 0. The van der Waals surface area contributed by atoms with Gasteiger partial charge in [0.05, 0.1) is 0 Å². The predicted octanol–water partition coefficient (Wildman–Crippen LogP) is 1.31. The maximum absolute atomic E-state index is 11.1. The van der Waals surface area contributed by atoms with Crippen molar-refractivity contribution in [3.05, 3.63) is 0 Å². The summed E-state index contributed by atoms with van der Waals surface area (Å²) in [5.41, 5.74) is -0.184. The second kappa shape index (κ2) is 2.48. The molecule has 1 aliphatic rings. The van der Waals surface area contributed by atoms with E-state index in [0.29, 0.717) is 12.8 Å². The predicted molar refractivity (Wildman–Crippen MR) is 45.6 cm³/mol. The molecular formula is C8H10O2S. The molecule has 0 unspecified atom stereocenters. The number of rotatable bonds is 0. The largest absolute Gasteiger partial charge is 0.293 e. The zero-order valence-corrected chi connectivity index (χ0v) is 7.46. The van der Waals surface area contributed by atoms with Crippen LogP contribution in [0.5, 0.6) is 0 Å². The van der Waals surface area contributed by atoms with Crippen molar-refractivity contribution in [3.63, 3.8) is 0 Å². The molecule has 1 saturated carbocycles. The fourth-order valence-electron chi connectivity index (χ4n) is 1.25. The molecule has 1 fully saturated rings. The van der Waals surface area contributed by atoms with Gasteiger partial charge in [-0.15, -0.1) is 0 Å². The van der Waals surface area contributed by atoms with Crippen LogP contribution in [0.1, 0.15) is 26.7 Å². The van der Waals surface area contributed by atoms with Crippen molar-refractivity contribution < 1.29 is 9.59 Å². The molecule has 1 aliphatic carbocycles. The minimum Gasteiger partial charge on any atom is -0.293 e. The van der Waals surface area contributed by atoms with E-state index in [1.165, 1.54) is 0 Å². The fraction of sp³-hybridized carbons (Fsp3) is 0.625. The van der Waals surface area contributed by atoms with Crippen LogP contribution in [0, 0.1) is 5.41 Å². The maximum atomic E-state index is 11.1. The standard InChI is InChI=1S/C8H10O2S/c1-8(2)3-5(9)7(11)6(10)4-8/h3-4H2,1-2H3. The van der Waals surface area contributed by atoms with Gasteiger partial charge in [0.1, 0.15) is 4.86 Å². The third-order valence-corrected chi connectivity index (χ3v) is 2.24. The fourth-order valence-corrected chi connectivity index (χ4v) is 1.39. The molecule has 0 bridgehead atoms. The van der Waals surface area contributed by atoms with Gasteiger partial charge in [-0.2, -0.15) is 0 Å². The van der Waals surface area contributed by atoms with Crippen molar-refractivity contribution in [2.75, 3.05) is 0 Å². The molecule has 0 amide bonds. The summed E-state index contributed by atoms with van der Waals surface area (Å²) in [4.78, 5) is 22.1. The topological polar surface area (TPSA) is 34.1 Å². The highest BCUT2D eigenvalue weighted by atomic mass is 32.1. The smallest absolute Gasteiger partial charge is 0.177 e. The first-order valence-electron chi connectivity index (χ1n) is 3.53. The van der Waals surface area contributed by atoms with Gasteiger partial charge in [0.15, 0.2) is 11.6 Å². The van der Waals surface area contributed by atoms with E-state index < -0.39 is 0 Å². The van der Waals surface area contributed by atoms with Crippen LogP contribution >= 0.6 is 12.2 Å². The lowest BCUT2D eigenvalue weighted by Crippen LogP contribution is -2.36. The van der Waals surface area contributed by atoms with Crippen molar-refractivity contribution in [2.45, 2.75) is 26.7 Å². The van der Waals surface area contributed by atoms with E-state index in [9.17, 15) is 9.59 Å². The Labute approximate surface area is 71.0 Å². The summed E-state index contributed by atoms with van der Waals surface area (Å²) in [5.74, 6) is -0.331. The van der Waals surface area contributed by atoms with Gasteiger partial charge in [0.25, 0.3) is 0 Å². The maximum Gasteiger partial charge on any atom is 0.177 e. The normalized spacial score (nSPS) is 24.0. The average Bonchev–Trinajstić information content (AvgIpc) is 1.81. The number of hydrogen-bond donors (Lipinski definition) is 0. The molecule has 2 nitrogen and oxygen atoms in total. The minimum absolute atomic E-state index is 0.0179. The van der Waals surface area contributed by atoms with Crippen molar-refractivity contribution in [1.29, 1.82) is 0 Å². The van der Waals surface area contributed by atoms with Crippen LogP contribution in [0.4, 0.5) is 0 Å². The number of hydrogen-bond acceptors (Lipinski definition) is 3. The summed E-state index contributed by atoms with van der Waals surface area (Å²) >= 11 is 4.65. The molecule has 0 heterocycles. The van der Waals surface area contributed by atoms with E-state index in [2.05, 4.69) is 12.2 Å². The first-order chi connectivity index (χ1) is 4.92. The van der Waals surface area contributed by atoms with Gasteiger partial charge in [-0.05, 0) is 5.41 Å². The Hall–Kier alpha value is -0.570. The molecule has 1 rings (SSSR count). The molecule has 0 aromatic rings. The molecule has 11 heavy (non-hydrogen) atoms. The Morgan fingerprint density at radius 3 is 1.91 bits per heavy atom. The van der Waals surface area contributed by atoms with E-state index >= 15 is 0 Å². The number of carbonyl (C=O) groups is 2. The summed E-state index contributed by atoms with van der Waals surface area (Å²) < 4.78 is 0. The van der Waals surface area contributed by atoms with Crippen LogP contribution < -0.4 is 0 Å². The Morgan fingerprint density at radius 1 is 1.18 bits per heavy atom. The van der Waals surface area contributed by atoms with E-state index in [1.807, 2.05) is 13.8 Å². The highest BCUT2D eigenvalue weighted by Crippen LogP contribution is 2.30. The van der Waals surface area contributed by atoms with Gasteiger partial charge in [-0.3, -0.25) is 9.59 Å². The highest BCUT2D eigenvalue weighted by Gasteiger charge is 2.35. The number of Topliss-reactive ketones (excluding diaryl/α,β-unsaturated/α-hetero) is 2. The van der Waals surface area contributed by atoms with Crippen LogP contribution in [0.2, 0.25) is 0 Å². The third kappa shape index (κ3) is 1.71. The van der Waals surface area contributed by atoms with Crippen molar-refractivity contribution in [2.24, 2.45) is 5.41 Å². The number of ketones is 2. The van der Waals surface area contributed by atoms with E-state index in [-0.39, 0.29) is 21.8 Å². The molecule has 0 radical (unpaired) electrons. The molecule has 0 aromatic carbocycles. The number of thiocarbonyl (C=S) groups is 1. The molecule has 0 N–H and O–H groups in total. The van der Waals surface area contributed by atoms with Crippen LogP contribution in [0.25, 0.3) is 0 Å². The van der Waals surface area contributed by atoms with Gasteiger partial charge >= 0.3 is 0 Å². The molecule has 0 atom stereocenters. The lowest BCUT2D eigenvalue weighted by molar-refractivity contribution is -0.122. The zero-order valence-electron chi connectivity index (χ0n) is 6.64. The number of carbonyl (C=O) groups excluding carboxylic acids is 2. The van der Waals surface area contributed by atoms with Crippen molar-refractivity contribution in [1.82, 2.24) is 0 Å². The monoisotopic (exact) mass is 170 g/mol. The second-order valence-electron chi connectivity index (χ2n) is 3.69. The van der Waals surface area contributed by atoms with Crippen LogP contribution in [-0.2, 0) is 9.59 Å². The van der Waals surface area contributed by atoms with Gasteiger partial charge in [0, 0.05) is 12.8 Å². The molecule has 0 aliphatic heterocycles. The molecule has 3 heteroatoms. The molecule has 60 valence electrons. The van der Waals surface area contributed by atoms with Crippen molar-refractivity contribution >= 4 is 28.6 Å². The van der Waals surface area contributed by atoms with Gasteiger partial charge in [-0.1, -0.05) is 26.1 Å². The van der Waals surface area contributed by atoms with E-state index in [4.69, 9.17) is 0 Å². The van der Waals surface area contributed by atoms with Gasteiger partial charge < -0.3 is 0 Å². The molecule has 0 saturated heterocycles. The minimum atomic E-state index is -0.184. The quantitative estimate of drug-likeness (QED) is 0.514. The van der Waals surface area contributed by atoms with Gasteiger partial charge in [-0.25, -0.2) is 0 Å². The average molecular weight is 170 g/mol. The van der Waals surface area contributed by atoms with E-state index in [1.54, 1.807) is 0 Å². The second-order valence-corrected chi connectivity index (χ2v) is 4.10. The lowest BCUT2D eigenvalue weighted by atomic mass is 9.76.